The molecule has 6 heteroatoms. The Morgan fingerprint density at radius 3 is 2.57 bits per heavy atom. The Balaban J connectivity index is 1.51. The molecule has 0 aliphatic heterocycles. The Kier molecular flexibility index (Phi) is 6.29. The molecule has 2 saturated carbocycles. The highest BCUT2D eigenvalue weighted by Gasteiger charge is 2.29. The summed E-state index contributed by atoms with van der Waals surface area (Å²) in [5, 5.41) is 6.19. The minimum Gasteiger partial charge on any atom is -0.379 e. The van der Waals surface area contributed by atoms with Crippen LogP contribution in [0.15, 0.2) is 4.99 Å². The zero-order valence-corrected chi connectivity index (χ0v) is 13.2. The maximum absolute atomic E-state index is 11.5. The third-order valence-corrected chi connectivity index (χ3v) is 3.85. The molecule has 0 aromatic carbocycles. The first-order valence-electron chi connectivity index (χ1n) is 7.98. The summed E-state index contributed by atoms with van der Waals surface area (Å²) in [6.07, 6.45) is 4.74. The van der Waals surface area contributed by atoms with Crippen molar-refractivity contribution in [3.05, 3.63) is 0 Å². The van der Waals surface area contributed by atoms with E-state index in [1.165, 1.54) is 12.8 Å². The van der Waals surface area contributed by atoms with Crippen molar-refractivity contribution in [2.45, 2.75) is 25.7 Å². The van der Waals surface area contributed by atoms with Gasteiger partial charge in [-0.05, 0) is 31.6 Å². The summed E-state index contributed by atoms with van der Waals surface area (Å²) in [6, 6.07) is 0. The van der Waals surface area contributed by atoms with Crippen molar-refractivity contribution in [1.82, 2.24) is 15.5 Å². The van der Waals surface area contributed by atoms with Crippen LogP contribution in [0.1, 0.15) is 25.7 Å². The molecule has 0 unspecified atom stereocenters. The van der Waals surface area contributed by atoms with E-state index in [2.05, 4.69) is 20.5 Å². The second-order valence-electron chi connectivity index (χ2n) is 5.98. The molecule has 2 aliphatic rings. The average Bonchev–Trinajstić information content (AvgIpc) is 3.36. The molecule has 6 nitrogen and oxygen atoms in total. The maximum Gasteiger partial charge on any atom is 0.223 e. The molecule has 0 heterocycles. The Morgan fingerprint density at radius 2 is 1.95 bits per heavy atom. The Morgan fingerprint density at radius 1 is 1.24 bits per heavy atom. The van der Waals surface area contributed by atoms with E-state index in [1.54, 1.807) is 7.05 Å². The van der Waals surface area contributed by atoms with Crippen LogP contribution in [0.3, 0.4) is 0 Å². The summed E-state index contributed by atoms with van der Waals surface area (Å²) in [5.74, 6) is 2.11. The number of carbonyl (C=O) groups is 1. The number of hydrogen-bond donors (Lipinski definition) is 2. The van der Waals surface area contributed by atoms with Gasteiger partial charge in [0, 0.05) is 46.3 Å². The monoisotopic (exact) mass is 296 g/mol. The third-order valence-electron chi connectivity index (χ3n) is 3.85. The molecule has 0 radical (unpaired) electrons. The summed E-state index contributed by atoms with van der Waals surface area (Å²) in [7, 11) is 3.77. The van der Waals surface area contributed by atoms with Gasteiger partial charge in [0.05, 0.1) is 6.61 Å². The molecular weight excluding hydrogens is 268 g/mol. The predicted octanol–water partition coefficient (Wildman–Crippen LogP) is 0.446. The van der Waals surface area contributed by atoms with E-state index >= 15 is 0 Å². The third kappa shape index (κ3) is 6.33. The average molecular weight is 296 g/mol. The lowest BCUT2D eigenvalue weighted by Crippen LogP contribution is -2.43. The highest BCUT2D eigenvalue weighted by molar-refractivity contribution is 5.81. The van der Waals surface area contributed by atoms with Crippen molar-refractivity contribution < 1.29 is 9.53 Å². The van der Waals surface area contributed by atoms with Gasteiger partial charge < -0.3 is 20.3 Å². The molecule has 0 aromatic rings. The van der Waals surface area contributed by atoms with E-state index in [9.17, 15) is 4.79 Å². The molecule has 21 heavy (non-hydrogen) atoms. The second-order valence-corrected chi connectivity index (χ2v) is 5.98. The summed E-state index contributed by atoms with van der Waals surface area (Å²) in [4.78, 5) is 17.8. The number of carbonyl (C=O) groups excluding carboxylic acids is 1. The highest BCUT2D eigenvalue weighted by Crippen LogP contribution is 2.29. The summed E-state index contributed by atoms with van der Waals surface area (Å²) < 4.78 is 5.63. The standard InChI is InChI=1S/C15H28N4O2/c1-16-15(18-8-7-17-14(20)13-5-6-13)19(2)9-10-21-11-12-3-4-12/h12-13H,3-11H2,1-2H3,(H,16,18)(H,17,20). The molecule has 1 amide bonds. The second kappa shape index (κ2) is 8.22. The van der Waals surface area contributed by atoms with Gasteiger partial charge in [-0.2, -0.15) is 0 Å². The number of aliphatic imine (C=N–C) groups is 1. The molecule has 120 valence electrons. The molecule has 0 atom stereocenters. The van der Waals surface area contributed by atoms with E-state index in [4.69, 9.17) is 4.74 Å². The number of guanidine groups is 1. The van der Waals surface area contributed by atoms with Gasteiger partial charge in [0.15, 0.2) is 5.96 Å². The molecule has 2 fully saturated rings. The molecular formula is C15H28N4O2. The van der Waals surface area contributed by atoms with Gasteiger partial charge in [-0.3, -0.25) is 9.79 Å². The lowest BCUT2D eigenvalue weighted by molar-refractivity contribution is -0.122. The van der Waals surface area contributed by atoms with Crippen molar-refractivity contribution in [3.63, 3.8) is 0 Å². The van der Waals surface area contributed by atoms with Crippen LogP contribution in [-0.4, -0.2) is 63.7 Å². The van der Waals surface area contributed by atoms with Crippen molar-refractivity contribution in [3.8, 4) is 0 Å². The number of likely N-dealkylation sites (N-methyl/N-ethyl adjacent to an activating group) is 1. The summed E-state index contributed by atoms with van der Waals surface area (Å²) in [5.41, 5.74) is 0. The number of amides is 1. The van der Waals surface area contributed by atoms with Gasteiger partial charge in [-0.25, -0.2) is 0 Å². The molecule has 2 N–H and O–H groups in total. The first-order chi connectivity index (χ1) is 10.2. The van der Waals surface area contributed by atoms with Gasteiger partial charge in [0.2, 0.25) is 5.91 Å². The largest absolute Gasteiger partial charge is 0.379 e. The van der Waals surface area contributed by atoms with Crippen LogP contribution in [0.4, 0.5) is 0 Å². The molecule has 0 saturated heterocycles. The quantitative estimate of drug-likeness (QED) is 0.368. The minimum absolute atomic E-state index is 0.189. The van der Waals surface area contributed by atoms with Gasteiger partial charge in [-0.1, -0.05) is 0 Å². The summed E-state index contributed by atoms with van der Waals surface area (Å²) >= 11 is 0. The van der Waals surface area contributed by atoms with E-state index in [-0.39, 0.29) is 11.8 Å². The first kappa shape index (κ1) is 16.1. The van der Waals surface area contributed by atoms with Crippen LogP contribution in [-0.2, 0) is 9.53 Å². The highest BCUT2D eigenvalue weighted by atomic mass is 16.5. The normalized spacial score (nSPS) is 18.5. The Bertz CT molecular complexity index is 365. The van der Waals surface area contributed by atoms with Crippen LogP contribution >= 0.6 is 0 Å². The van der Waals surface area contributed by atoms with Gasteiger partial charge in [-0.15, -0.1) is 0 Å². The fourth-order valence-electron chi connectivity index (χ4n) is 2.08. The SMILES string of the molecule is CN=C(NCCNC(=O)C1CC1)N(C)CCOCC1CC1. The fraction of sp³-hybridized carbons (Fsp3) is 0.867. The van der Waals surface area contributed by atoms with Crippen LogP contribution in [0.2, 0.25) is 0 Å². The zero-order chi connectivity index (χ0) is 15.1. The topological polar surface area (TPSA) is 66.0 Å². The number of nitrogens with one attached hydrogen (secondary N) is 2. The van der Waals surface area contributed by atoms with E-state index < -0.39 is 0 Å². The molecule has 0 aromatic heterocycles. The summed E-state index contributed by atoms with van der Waals surface area (Å²) in [6.45, 7) is 3.78. The molecule has 2 rings (SSSR count). The Labute approximate surface area is 127 Å². The fourth-order valence-corrected chi connectivity index (χ4v) is 2.08. The van der Waals surface area contributed by atoms with Gasteiger partial charge >= 0.3 is 0 Å². The van der Waals surface area contributed by atoms with Crippen LogP contribution in [0.25, 0.3) is 0 Å². The van der Waals surface area contributed by atoms with E-state index in [1.807, 2.05) is 7.05 Å². The minimum atomic E-state index is 0.189. The van der Waals surface area contributed by atoms with E-state index in [0.29, 0.717) is 13.1 Å². The number of rotatable bonds is 9. The lowest BCUT2D eigenvalue weighted by atomic mass is 10.4. The Hall–Kier alpha value is -1.30. The number of hydrogen-bond acceptors (Lipinski definition) is 3. The molecule has 0 bridgehead atoms. The smallest absolute Gasteiger partial charge is 0.223 e. The lowest BCUT2D eigenvalue weighted by Gasteiger charge is -2.22. The number of ether oxygens (including phenoxy) is 1. The van der Waals surface area contributed by atoms with E-state index in [0.717, 1.165) is 44.5 Å². The molecule has 0 spiro atoms. The van der Waals surface area contributed by atoms with Gasteiger partial charge in [0.25, 0.3) is 0 Å². The van der Waals surface area contributed by atoms with Crippen LogP contribution in [0, 0.1) is 11.8 Å². The zero-order valence-electron chi connectivity index (χ0n) is 13.2. The van der Waals surface area contributed by atoms with Crippen molar-refractivity contribution in [2.24, 2.45) is 16.8 Å². The van der Waals surface area contributed by atoms with Gasteiger partial charge in [0.1, 0.15) is 0 Å². The van der Waals surface area contributed by atoms with Crippen molar-refractivity contribution >= 4 is 11.9 Å². The predicted molar refractivity (Wildman–Crippen MR) is 83.3 cm³/mol. The van der Waals surface area contributed by atoms with Crippen molar-refractivity contribution in [2.75, 3.05) is 46.9 Å². The molecule has 2 aliphatic carbocycles. The number of nitrogens with zero attached hydrogens (tertiary/aromatic N) is 2. The maximum atomic E-state index is 11.5. The van der Waals surface area contributed by atoms with Crippen LogP contribution in [0.5, 0.6) is 0 Å². The van der Waals surface area contributed by atoms with Crippen LogP contribution < -0.4 is 10.6 Å². The first-order valence-corrected chi connectivity index (χ1v) is 7.98. The van der Waals surface area contributed by atoms with Crippen molar-refractivity contribution in [1.29, 1.82) is 0 Å².